The molecule has 3 aromatic carbocycles. The van der Waals surface area contributed by atoms with Crippen molar-refractivity contribution < 1.29 is 14.7 Å². The molecule has 0 unspecified atom stereocenters. The van der Waals surface area contributed by atoms with Crippen LogP contribution >= 0.6 is 0 Å². The van der Waals surface area contributed by atoms with Crippen molar-refractivity contribution >= 4 is 34.6 Å². The summed E-state index contributed by atoms with van der Waals surface area (Å²) in [7, 11) is 0. The van der Waals surface area contributed by atoms with Gasteiger partial charge >= 0.3 is 0 Å². The second-order valence-electron chi connectivity index (χ2n) is 6.63. The number of amides is 2. The lowest BCUT2D eigenvalue weighted by Crippen LogP contribution is -2.21. The molecule has 0 saturated carbocycles. The molecule has 7 nitrogen and oxygen atoms in total. The topological polar surface area (TPSA) is 103 Å². The van der Waals surface area contributed by atoms with Crippen molar-refractivity contribution in [2.45, 2.75) is 13.3 Å². The zero-order valence-electron chi connectivity index (χ0n) is 16.4. The number of carbonyl (C=O) groups excluding carboxylic acids is 2. The Morgan fingerprint density at radius 1 is 0.867 bits per heavy atom. The van der Waals surface area contributed by atoms with Crippen molar-refractivity contribution in [1.29, 1.82) is 0 Å². The van der Waals surface area contributed by atoms with Crippen molar-refractivity contribution in [3.8, 4) is 5.75 Å². The van der Waals surface area contributed by atoms with Gasteiger partial charge in [-0.15, -0.1) is 0 Å². The Morgan fingerprint density at radius 2 is 1.53 bits per heavy atom. The highest BCUT2D eigenvalue weighted by atomic mass is 16.3. The first-order valence-electron chi connectivity index (χ1n) is 9.34. The van der Waals surface area contributed by atoms with Crippen molar-refractivity contribution in [2.75, 3.05) is 10.6 Å². The number of rotatable bonds is 7. The fraction of sp³-hybridized carbons (Fsp3) is 0.0870. The lowest BCUT2D eigenvalue weighted by Gasteiger charge is -2.09. The summed E-state index contributed by atoms with van der Waals surface area (Å²) in [5.41, 5.74) is 5.65. The highest BCUT2D eigenvalue weighted by molar-refractivity contribution is 6.06. The number of phenols is 1. The number of hydrazone groups is 1. The number of benzene rings is 3. The molecule has 7 heteroatoms. The molecule has 0 radical (unpaired) electrons. The van der Waals surface area contributed by atoms with Gasteiger partial charge in [0.2, 0.25) is 5.91 Å². The van der Waals surface area contributed by atoms with E-state index in [1.54, 1.807) is 31.2 Å². The van der Waals surface area contributed by atoms with E-state index in [1.165, 1.54) is 12.1 Å². The smallest absolute Gasteiger partial charge is 0.271 e. The van der Waals surface area contributed by atoms with Crippen LogP contribution in [0.15, 0.2) is 84.0 Å². The standard InChI is InChI=1S/C23H22N4O3/c1-16(26-27-23(30)17-6-5-9-21(28)15-17)14-22(29)25-20-12-10-19(11-13-20)24-18-7-3-2-4-8-18/h2-13,15,24,28H,14H2,1H3,(H,25,29)(H,27,30)/b26-16-. The molecular formula is C23H22N4O3. The summed E-state index contributed by atoms with van der Waals surface area (Å²) >= 11 is 0. The Bertz CT molecular complexity index is 1050. The van der Waals surface area contributed by atoms with Crippen LogP contribution in [0, 0.1) is 0 Å². The van der Waals surface area contributed by atoms with Gasteiger partial charge in [-0.1, -0.05) is 24.3 Å². The minimum atomic E-state index is -0.466. The van der Waals surface area contributed by atoms with Gasteiger partial charge in [0.25, 0.3) is 5.91 Å². The Balaban J connectivity index is 1.49. The van der Waals surface area contributed by atoms with Crippen LogP contribution in [0.3, 0.4) is 0 Å². The van der Waals surface area contributed by atoms with Crippen LogP contribution < -0.4 is 16.1 Å². The number of aromatic hydroxyl groups is 1. The van der Waals surface area contributed by atoms with E-state index in [1.807, 2.05) is 42.5 Å². The lowest BCUT2D eigenvalue weighted by molar-refractivity contribution is -0.115. The van der Waals surface area contributed by atoms with Gasteiger partial charge in [0.15, 0.2) is 0 Å². The number of nitrogens with one attached hydrogen (secondary N) is 3. The van der Waals surface area contributed by atoms with E-state index in [-0.39, 0.29) is 23.6 Å². The molecule has 0 heterocycles. The minimum Gasteiger partial charge on any atom is -0.508 e. The summed E-state index contributed by atoms with van der Waals surface area (Å²) in [4.78, 5) is 24.2. The van der Waals surface area contributed by atoms with Crippen LogP contribution in [0.4, 0.5) is 17.1 Å². The summed E-state index contributed by atoms with van der Waals surface area (Å²) in [6.45, 7) is 1.65. The third kappa shape index (κ3) is 6.20. The number of nitrogens with zero attached hydrogens (tertiary/aromatic N) is 1. The number of para-hydroxylation sites is 1. The minimum absolute atomic E-state index is 0.00674. The largest absolute Gasteiger partial charge is 0.508 e. The Kier molecular flexibility index (Phi) is 6.78. The predicted molar refractivity (Wildman–Crippen MR) is 118 cm³/mol. The fourth-order valence-corrected chi connectivity index (χ4v) is 2.66. The molecule has 0 fully saturated rings. The third-order valence-electron chi connectivity index (χ3n) is 4.10. The second kappa shape index (κ2) is 9.88. The SMILES string of the molecule is C/C(CC(=O)Nc1ccc(Nc2ccccc2)cc1)=N/NC(=O)c1cccc(O)c1. The molecule has 3 rings (SSSR count). The zero-order valence-corrected chi connectivity index (χ0v) is 16.4. The average Bonchev–Trinajstić information content (AvgIpc) is 2.74. The molecule has 0 atom stereocenters. The van der Waals surface area contributed by atoms with Gasteiger partial charge in [0, 0.05) is 28.3 Å². The van der Waals surface area contributed by atoms with Crippen LogP contribution in [0.1, 0.15) is 23.7 Å². The molecule has 30 heavy (non-hydrogen) atoms. The Hall–Kier alpha value is -4.13. The Morgan fingerprint density at radius 3 is 2.23 bits per heavy atom. The summed E-state index contributed by atoms with van der Waals surface area (Å²) in [6.07, 6.45) is 0.0321. The molecular weight excluding hydrogens is 380 g/mol. The fourth-order valence-electron chi connectivity index (χ4n) is 2.66. The maximum Gasteiger partial charge on any atom is 0.271 e. The number of phenolic OH excluding ortho intramolecular Hbond substituents is 1. The van der Waals surface area contributed by atoms with E-state index in [0.29, 0.717) is 11.4 Å². The van der Waals surface area contributed by atoms with Gasteiger partial charge in [-0.2, -0.15) is 5.10 Å². The summed E-state index contributed by atoms with van der Waals surface area (Å²) in [6, 6.07) is 23.1. The maximum absolute atomic E-state index is 12.2. The van der Waals surface area contributed by atoms with Gasteiger partial charge in [-0.25, -0.2) is 5.43 Å². The normalized spacial score (nSPS) is 10.9. The van der Waals surface area contributed by atoms with Crippen molar-refractivity contribution in [1.82, 2.24) is 5.43 Å². The molecule has 0 aliphatic carbocycles. The monoisotopic (exact) mass is 402 g/mol. The lowest BCUT2D eigenvalue weighted by atomic mass is 10.2. The van der Waals surface area contributed by atoms with Crippen molar-refractivity contribution in [2.24, 2.45) is 5.10 Å². The molecule has 0 aliphatic heterocycles. The van der Waals surface area contributed by atoms with Gasteiger partial charge < -0.3 is 15.7 Å². The predicted octanol–water partition coefficient (Wildman–Crippen LogP) is 4.27. The molecule has 4 N–H and O–H groups in total. The first kappa shape index (κ1) is 20.6. The van der Waals surface area contributed by atoms with E-state index in [9.17, 15) is 14.7 Å². The molecule has 0 aliphatic rings. The van der Waals surface area contributed by atoms with E-state index in [0.717, 1.165) is 11.4 Å². The van der Waals surface area contributed by atoms with E-state index >= 15 is 0 Å². The Labute approximate surface area is 174 Å². The van der Waals surface area contributed by atoms with Gasteiger partial charge in [0.1, 0.15) is 5.75 Å². The summed E-state index contributed by atoms with van der Waals surface area (Å²) in [5.74, 6) is -0.716. The molecule has 0 spiro atoms. The van der Waals surface area contributed by atoms with Crippen molar-refractivity contribution in [3.63, 3.8) is 0 Å². The second-order valence-corrected chi connectivity index (χ2v) is 6.63. The first-order chi connectivity index (χ1) is 14.5. The number of hydrogen-bond donors (Lipinski definition) is 4. The van der Waals surface area contributed by atoms with Gasteiger partial charge in [-0.05, 0) is 61.5 Å². The maximum atomic E-state index is 12.2. The molecule has 0 aromatic heterocycles. The molecule has 0 saturated heterocycles. The molecule has 152 valence electrons. The van der Waals surface area contributed by atoms with E-state index < -0.39 is 5.91 Å². The summed E-state index contributed by atoms with van der Waals surface area (Å²) < 4.78 is 0. The van der Waals surface area contributed by atoms with Crippen LogP contribution in [-0.4, -0.2) is 22.6 Å². The number of anilines is 3. The van der Waals surface area contributed by atoms with Gasteiger partial charge in [-0.3, -0.25) is 9.59 Å². The molecule has 3 aromatic rings. The van der Waals surface area contributed by atoms with E-state index in [4.69, 9.17) is 0 Å². The molecule has 0 bridgehead atoms. The third-order valence-corrected chi connectivity index (χ3v) is 4.10. The number of hydrogen-bond acceptors (Lipinski definition) is 5. The van der Waals surface area contributed by atoms with Crippen LogP contribution in [0.5, 0.6) is 5.75 Å². The van der Waals surface area contributed by atoms with Crippen molar-refractivity contribution in [3.05, 3.63) is 84.4 Å². The highest BCUT2D eigenvalue weighted by Crippen LogP contribution is 2.18. The first-order valence-corrected chi connectivity index (χ1v) is 9.34. The molecule has 2 amide bonds. The van der Waals surface area contributed by atoms with Crippen LogP contribution in [0.2, 0.25) is 0 Å². The highest BCUT2D eigenvalue weighted by Gasteiger charge is 2.08. The van der Waals surface area contributed by atoms with Gasteiger partial charge in [0.05, 0.1) is 6.42 Å². The average molecular weight is 402 g/mol. The van der Waals surface area contributed by atoms with E-state index in [2.05, 4.69) is 21.2 Å². The quantitative estimate of drug-likeness (QED) is 0.350. The van der Waals surface area contributed by atoms with Crippen LogP contribution in [0.25, 0.3) is 0 Å². The summed E-state index contributed by atoms with van der Waals surface area (Å²) in [5, 5.41) is 19.4. The van der Waals surface area contributed by atoms with Crippen LogP contribution in [-0.2, 0) is 4.79 Å². The zero-order chi connectivity index (χ0) is 21.3. The number of carbonyl (C=O) groups is 2.